The quantitative estimate of drug-likeness (QED) is 0.205. The van der Waals surface area contributed by atoms with Gasteiger partial charge in [0.25, 0.3) is 11.8 Å². The minimum Gasteiger partial charge on any atom is -0.323 e. The summed E-state index contributed by atoms with van der Waals surface area (Å²) in [4.78, 5) is 34.2. The Balaban J connectivity index is 3.22. The molecule has 3 amide bonds. The highest BCUT2D eigenvalue weighted by Gasteiger charge is 2.16. The number of nitrogen functional groups attached to an aromatic ring is 2. The molecule has 0 radical (unpaired) electrons. The molecule has 0 aliphatic carbocycles. The van der Waals surface area contributed by atoms with Crippen LogP contribution in [0, 0.1) is 0 Å². The molecule has 19 heavy (non-hydrogen) atoms. The maximum absolute atomic E-state index is 11.6. The van der Waals surface area contributed by atoms with Crippen molar-refractivity contribution in [1.82, 2.24) is 10.9 Å². The van der Waals surface area contributed by atoms with Gasteiger partial charge in [-0.15, -0.1) is 0 Å². The van der Waals surface area contributed by atoms with Crippen LogP contribution in [0.2, 0.25) is 0 Å². The van der Waals surface area contributed by atoms with Crippen molar-refractivity contribution in [2.24, 2.45) is 11.7 Å². The molecule has 0 aliphatic heterocycles. The highest BCUT2D eigenvalue weighted by Crippen LogP contribution is 2.16. The minimum atomic E-state index is -0.687. The molecule has 0 aromatic heterocycles. The zero-order chi connectivity index (χ0) is 14.4. The molecule has 0 heterocycles. The number of hydrogen-bond donors (Lipinski definition) is 5. The van der Waals surface area contributed by atoms with Crippen molar-refractivity contribution in [2.45, 2.75) is 0 Å². The van der Waals surface area contributed by atoms with E-state index in [4.69, 9.17) is 11.7 Å². The van der Waals surface area contributed by atoms with E-state index in [1.54, 1.807) is 0 Å². The summed E-state index contributed by atoms with van der Waals surface area (Å²) in [6.07, 6.45) is 1.07. The van der Waals surface area contributed by atoms with Gasteiger partial charge in [-0.2, -0.15) is 0 Å². The van der Waals surface area contributed by atoms with Crippen LogP contribution in [0.4, 0.5) is 5.69 Å². The molecule has 100 valence electrons. The SMILES string of the molecule is C=CC(=O)Nc1ccc(C(=O)NN)c(C(=O)NN)c1. The highest BCUT2D eigenvalue weighted by molar-refractivity contribution is 6.08. The molecule has 0 saturated carbocycles. The van der Waals surface area contributed by atoms with Gasteiger partial charge >= 0.3 is 0 Å². The van der Waals surface area contributed by atoms with E-state index in [0.717, 1.165) is 6.08 Å². The fraction of sp³-hybridized carbons (Fsp3) is 0. The summed E-state index contributed by atoms with van der Waals surface area (Å²) in [6, 6.07) is 4.08. The highest BCUT2D eigenvalue weighted by atomic mass is 16.2. The second kappa shape index (κ2) is 6.28. The standard InChI is InChI=1S/C11H13N5O3/c1-2-9(17)14-6-3-4-7(10(18)15-12)8(5-6)11(19)16-13/h2-5H,1,12-13H2,(H,14,17)(H,15,18)(H,16,19). The molecule has 0 unspecified atom stereocenters. The molecule has 8 nitrogen and oxygen atoms in total. The molecule has 0 fully saturated rings. The maximum atomic E-state index is 11.6. The molecular weight excluding hydrogens is 250 g/mol. The van der Waals surface area contributed by atoms with E-state index in [2.05, 4.69) is 11.9 Å². The topological polar surface area (TPSA) is 139 Å². The van der Waals surface area contributed by atoms with Gasteiger partial charge < -0.3 is 5.32 Å². The molecule has 0 atom stereocenters. The van der Waals surface area contributed by atoms with Gasteiger partial charge in [-0.3, -0.25) is 25.2 Å². The van der Waals surface area contributed by atoms with Crippen LogP contribution in [0.15, 0.2) is 30.9 Å². The summed E-state index contributed by atoms with van der Waals surface area (Å²) in [5.41, 5.74) is 4.14. The Kier molecular flexibility index (Phi) is 4.75. The Morgan fingerprint density at radius 3 is 2.16 bits per heavy atom. The van der Waals surface area contributed by atoms with Crippen molar-refractivity contribution >= 4 is 23.4 Å². The van der Waals surface area contributed by atoms with E-state index in [1.165, 1.54) is 18.2 Å². The van der Waals surface area contributed by atoms with E-state index >= 15 is 0 Å². The molecule has 0 aliphatic rings. The van der Waals surface area contributed by atoms with Gasteiger partial charge in [0.2, 0.25) is 5.91 Å². The third kappa shape index (κ3) is 3.37. The Hall–Kier alpha value is -2.71. The summed E-state index contributed by atoms with van der Waals surface area (Å²) < 4.78 is 0. The number of benzene rings is 1. The number of hydrogen-bond acceptors (Lipinski definition) is 5. The minimum absolute atomic E-state index is 0.0210. The summed E-state index contributed by atoms with van der Waals surface area (Å²) in [7, 11) is 0. The van der Waals surface area contributed by atoms with E-state index in [0.29, 0.717) is 5.69 Å². The first-order valence-corrected chi connectivity index (χ1v) is 5.12. The first-order chi connectivity index (χ1) is 9.03. The van der Waals surface area contributed by atoms with Crippen LogP contribution in [0.3, 0.4) is 0 Å². The normalized spacial score (nSPS) is 9.37. The smallest absolute Gasteiger partial charge is 0.266 e. The van der Waals surface area contributed by atoms with E-state index in [9.17, 15) is 14.4 Å². The number of nitrogens with one attached hydrogen (secondary N) is 3. The van der Waals surface area contributed by atoms with Gasteiger partial charge in [0.1, 0.15) is 0 Å². The van der Waals surface area contributed by atoms with Gasteiger partial charge in [0.05, 0.1) is 11.1 Å². The zero-order valence-electron chi connectivity index (χ0n) is 9.90. The summed E-state index contributed by atoms with van der Waals surface area (Å²) in [5, 5.41) is 2.45. The Labute approximate surface area is 108 Å². The summed E-state index contributed by atoms with van der Waals surface area (Å²) >= 11 is 0. The second-order valence-electron chi connectivity index (χ2n) is 3.40. The van der Waals surface area contributed by atoms with Crippen molar-refractivity contribution in [3.8, 4) is 0 Å². The van der Waals surface area contributed by atoms with Crippen LogP contribution in [-0.4, -0.2) is 17.7 Å². The molecular formula is C11H13N5O3. The lowest BCUT2D eigenvalue weighted by atomic mass is 10.1. The average Bonchev–Trinajstić information content (AvgIpc) is 2.45. The number of anilines is 1. The fourth-order valence-electron chi connectivity index (χ4n) is 1.36. The predicted octanol–water partition coefficient (Wildman–Crippen LogP) is -0.982. The van der Waals surface area contributed by atoms with Crippen molar-refractivity contribution in [3.05, 3.63) is 42.0 Å². The number of carbonyl (C=O) groups is 3. The molecule has 8 heteroatoms. The maximum Gasteiger partial charge on any atom is 0.266 e. The van der Waals surface area contributed by atoms with Gasteiger partial charge in [-0.25, -0.2) is 11.7 Å². The number of carbonyl (C=O) groups excluding carboxylic acids is 3. The Morgan fingerprint density at radius 2 is 1.63 bits per heavy atom. The van der Waals surface area contributed by atoms with Crippen molar-refractivity contribution in [3.63, 3.8) is 0 Å². The molecule has 1 aromatic rings. The second-order valence-corrected chi connectivity index (χ2v) is 3.40. The van der Waals surface area contributed by atoms with Crippen LogP contribution < -0.4 is 27.9 Å². The average molecular weight is 263 g/mol. The third-order valence-electron chi connectivity index (χ3n) is 2.22. The first-order valence-electron chi connectivity index (χ1n) is 5.12. The lowest BCUT2D eigenvalue weighted by molar-refractivity contribution is -0.111. The summed E-state index contributed by atoms with van der Waals surface area (Å²) in [5.74, 6) is 8.25. The van der Waals surface area contributed by atoms with E-state index < -0.39 is 17.7 Å². The Morgan fingerprint density at radius 1 is 1.05 bits per heavy atom. The van der Waals surface area contributed by atoms with Crippen LogP contribution in [0.5, 0.6) is 0 Å². The number of hydrazine groups is 2. The largest absolute Gasteiger partial charge is 0.323 e. The molecule has 0 saturated heterocycles. The van der Waals surface area contributed by atoms with Gasteiger partial charge in [-0.1, -0.05) is 6.58 Å². The molecule has 0 bridgehead atoms. The molecule has 1 aromatic carbocycles. The van der Waals surface area contributed by atoms with E-state index in [1.807, 2.05) is 10.9 Å². The monoisotopic (exact) mass is 263 g/mol. The fourth-order valence-corrected chi connectivity index (χ4v) is 1.36. The van der Waals surface area contributed by atoms with Crippen molar-refractivity contribution < 1.29 is 14.4 Å². The lowest BCUT2D eigenvalue weighted by Crippen LogP contribution is -2.35. The Bertz CT molecular complexity index is 541. The molecule has 7 N–H and O–H groups in total. The van der Waals surface area contributed by atoms with Crippen LogP contribution in [0.25, 0.3) is 0 Å². The molecule has 0 spiro atoms. The van der Waals surface area contributed by atoms with Crippen LogP contribution >= 0.6 is 0 Å². The zero-order valence-corrected chi connectivity index (χ0v) is 9.90. The van der Waals surface area contributed by atoms with Gasteiger partial charge in [-0.05, 0) is 24.3 Å². The van der Waals surface area contributed by atoms with Gasteiger partial charge in [0, 0.05) is 5.69 Å². The van der Waals surface area contributed by atoms with Crippen molar-refractivity contribution in [1.29, 1.82) is 0 Å². The third-order valence-corrected chi connectivity index (χ3v) is 2.22. The van der Waals surface area contributed by atoms with E-state index in [-0.39, 0.29) is 11.1 Å². The first kappa shape index (κ1) is 14.4. The lowest BCUT2D eigenvalue weighted by Gasteiger charge is -2.10. The summed E-state index contributed by atoms with van der Waals surface area (Å²) in [6.45, 7) is 3.30. The number of amides is 3. The predicted molar refractivity (Wildman–Crippen MR) is 68.6 cm³/mol. The number of nitrogens with two attached hydrogens (primary N) is 2. The van der Waals surface area contributed by atoms with Crippen LogP contribution in [0.1, 0.15) is 20.7 Å². The molecule has 1 rings (SSSR count). The van der Waals surface area contributed by atoms with Crippen molar-refractivity contribution in [2.75, 3.05) is 5.32 Å². The van der Waals surface area contributed by atoms with Crippen LogP contribution in [-0.2, 0) is 4.79 Å². The van der Waals surface area contributed by atoms with Gasteiger partial charge in [0.15, 0.2) is 0 Å². The number of rotatable bonds is 4.